The maximum absolute atomic E-state index is 12.3. The monoisotopic (exact) mass is 358 g/mol. The van der Waals surface area contributed by atoms with Crippen LogP contribution in [0.2, 0.25) is 10.0 Å². The van der Waals surface area contributed by atoms with Crippen LogP contribution < -0.4 is 11.1 Å². The van der Waals surface area contributed by atoms with Crippen LogP contribution in [0, 0.1) is 0 Å². The average Bonchev–Trinajstić information content (AvgIpc) is 3.03. The Balaban J connectivity index is 1.70. The Morgan fingerprint density at radius 1 is 1.08 bits per heavy atom. The van der Waals surface area contributed by atoms with Crippen LogP contribution in [-0.4, -0.2) is 5.71 Å². The lowest BCUT2D eigenvalue weighted by Gasteiger charge is -2.13. The second-order valence-electron chi connectivity index (χ2n) is 5.56. The summed E-state index contributed by atoms with van der Waals surface area (Å²) in [6.07, 6.45) is 0.507. The Morgan fingerprint density at radius 3 is 2.62 bits per heavy atom. The van der Waals surface area contributed by atoms with Crippen molar-refractivity contribution in [3.8, 4) is 0 Å². The molecule has 0 radical (unpaired) electrons. The van der Waals surface area contributed by atoms with Gasteiger partial charge in [-0.25, -0.2) is 4.79 Å². The fourth-order valence-corrected chi connectivity index (χ4v) is 3.54. The van der Waals surface area contributed by atoms with Crippen molar-refractivity contribution in [2.75, 3.05) is 0 Å². The number of rotatable bonds is 2. The molecule has 1 aliphatic rings. The van der Waals surface area contributed by atoms with E-state index in [0.717, 1.165) is 10.9 Å². The Hall–Kier alpha value is -2.30. The molecule has 0 bridgehead atoms. The van der Waals surface area contributed by atoms with Gasteiger partial charge in [-0.15, -0.1) is 0 Å². The van der Waals surface area contributed by atoms with Gasteiger partial charge in [0.15, 0.2) is 0 Å². The van der Waals surface area contributed by atoms with Crippen LogP contribution in [-0.2, 0) is 0 Å². The van der Waals surface area contributed by atoms with Crippen LogP contribution in [0.5, 0.6) is 0 Å². The van der Waals surface area contributed by atoms with Crippen molar-refractivity contribution < 1.29 is 4.42 Å². The van der Waals surface area contributed by atoms with Gasteiger partial charge in [-0.05, 0) is 24.3 Å². The molecule has 1 N–H and O–H groups in total. The Bertz CT molecular complexity index is 1010. The van der Waals surface area contributed by atoms with Gasteiger partial charge in [0.2, 0.25) is 0 Å². The van der Waals surface area contributed by atoms with E-state index in [-0.39, 0.29) is 6.04 Å². The number of fused-ring (bicyclic) bond motifs is 1. The zero-order chi connectivity index (χ0) is 16.7. The molecule has 4 nitrogen and oxygen atoms in total. The molecule has 0 saturated carbocycles. The molecule has 1 aromatic heterocycles. The van der Waals surface area contributed by atoms with Crippen molar-refractivity contribution in [2.45, 2.75) is 12.5 Å². The number of halogens is 2. The molecule has 0 unspecified atom stereocenters. The smallest absolute Gasteiger partial charge is 0.345 e. The number of para-hydroxylation sites is 1. The van der Waals surface area contributed by atoms with E-state index in [9.17, 15) is 4.79 Å². The number of nitrogens with zero attached hydrogens (tertiary/aromatic N) is 1. The van der Waals surface area contributed by atoms with E-state index in [4.69, 9.17) is 27.6 Å². The lowest BCUT2D eigenvalue weighted by atomic mass is 9.99. The minimum Gasteiger partial charge on any atom is -0.422 e. The number of hydrazone groups is 1. The first-order valence-corrected chi connectivity index (χ1v) is 8.18. The van der Waals surface area contributed by atoms with Crippen molar-refractivity contribution >= 4 is 39.9 Å². The van der Waals surface area contributed by atoms with Gasteiger partial charge in [-0.3, -0.25) is 0 Å². The normalized spacial score (nSPS) is 16.9. The highest BCUT2D eigenvalue weighted by Gasteiger charge is 2.27. The third-order valence-corrected chi connectivity index (χ3v) is 4.71. The van der Waals surface area contributed by atoms with Gasteiger partial charge in [0.25, 0.3) is 0 Å². The quantitative estimate of drug-likeness (QED) is 0.684. The highest BCUT2D eigenvalue weighted by Crippen LogP contribution is 2.34. The number of hydrogen-bond acceptors (Lipinski definition) is 4. The lowest BCUT2D eigenvalue weighted by molar-refractivity contribution is 0.559. The summed E-state index contributed by atoms with van der Waals surface area (Å²) in [6.45, 7) is 0. The molecule has 1 aliphatic heterocycles. The lowest BCUT2D eigenvalue weighted by Crippen LogP contribution is -2.14. The predicted molar refractivity (Wildman–Crippen MR) is 96.0 cm³/mol. The van der Waals surface area contributed by atoms with Crippen LogP contribution >= 0.6 is 23.2 Å². The highest BCUT2D eigenvalue weighted by molar-refractivity contribution is 6.36. The average molecular weight is 359 g/mol. The van der Waals surface area contributed by atoms with Crippen molar-refractivity contribution in [2.24, 2.45) is 5.10 Å². The third-order valence-electron chi connectivity index (χ3n) is 4.05. The van der Waals surface area contributed by atoms with Gasteiger partial charge in [0.05, 0.1) is 17.3 Å². The predicted octanol–water partition coefficient (Wildman–Crippen LogP) is 4.54. The largest absolute Gasteiger partial charge is 0.422 e. The Morgan fingerprint density at radius 2 is 1.83 bits per heavy atom. The summed E-state index contributed by atoms with van der Waals surface area (Å²) in [5.74, 6) is 0. The summed E-state index contributed by atoms with van der Waals surface area (Å²) < 4.78 is 5.38. The van der Waals surface area contributed by atoms with E-state index in [2.05, 4.69) is 10.5 Å². The first-order valence-electron chi connectivity index (χ1n) is 7.43. The molecule has 24 heavy (non-hydrogen) atoms. The van der Waals surface area contributed by atoms with Crippen LogP contribution in [0.3, 0.4) is 0 Å². The third kappa shape index (κ3) is 2.58. The van der Waals surface area contributed by atoms with E-state index in [0.29, 0.717) is 33.3 Å². The second kappa shape index (κ2) is 5.96. The fourth-order valence-electron chi connectivity index (χ4n) is 2.88. The van der Waals surface area contributed by atoms with Crippen LogP contribution in [0.1, 0.15) is 23.6 Å². The molecular weight excluding hydrogens is 347 g/mol. The SMILES string of the molecule is O=c1oc2ccccc2cc1C1=NN[C@@H](c2c(Cl)cccc2Cl)C1. The van der Waals surface area contributed by atoms with Gasteiger partial charge in [-0.2, -0.15) is 5.10 Å². The number of hydrogen-bond donors (Lipinski definition) is 1. The minimum absolute atomic E-state index is 0.174. The molecule has 1 atom stereocenters. The molecule has 6 heteroatoms. The molecule has 3 aromatic rings. The molecule has 0 fully saturated rings. The maximum Gasteiger partial charge on any atom is 0.345 e. The summed E-state index contributed by atoms with van der Waals surface area (Å²) >= 11 is 12.5. The first kappa shape index (κ1) is 15.2. The second-order valence-corrected chi connectivity index (χ2v) is 6.38. The summed E-state index contributed by atoms with van der Waals surface area (Å²) in [5.41, 5.74) is 5.04. The number of nitrogens with one attached hydrogen (secondary N) is 1. The van der Waals surface area contributed by atoms with Crippen LogP contribution in [0.25, 0.3) is 11.0 Å². The van der Waals surface area contributed by atoms with Crippen LogP contribution in [0.4, 0.5) is 0 Å². The maximum atomic E-state index is 12.3. The molecule has 2 aromatic carbocycles. The van der Waals surface area contributed by atoms with E-state index in [1.165, 1.54) is 0 Å². The van der Waals surface area contributed by atoms with Gasteiger partial charge in [0, 0.05) is 27.4 Å². The van der Waals surface area contributed by atoms with E-state index >= 15 is 0 Å². The van der Waals surface area contributed by atoms with Gasteiger partial charge >= 0.3 is 5.63 Å². The van der Waals surface area contributed by atoms with Gasteiger partial charge in [-0.1, -0.05) is 47.5 Å². The number of benzene rings is 2. The topological polar surface area (TPSA) is 54.6 Å². The zero-order valence-corrected chi connectivity index (χ0v) is 13.9. The van der Waals surface area contributed by atoms with Crippen molar-refractivity contribution in [1.29, 1.82) is 0 Å². The first-order chi connectivity index (χ1) is 11.6. The molecular formula is C18H12Cl2N2O2. The highest BCUT2D eigenvalue weighted by atomic mass is 35.5. The summed E-state index contributed by atoms with van der Waals surface area (Å²) in [6, 6.07) is 14.4. The summed E-state index contributed by atoms with van der Waals surface area (Å²) in [7, 11) is 0. The summed E-state index contributed by atoms with van der Waals surface area (Å²) in [5, 5.41) is 6.30. The molecule has 2 heterocycles. The van der Waals surface area contributed by atoms with Crippen molar-refractivity contribution in [1.82, 2.24) is 5.43 Å². The standard InChI is InChI=1S/C18H12Cl2N2O2/c19-12-5-3-6-13(20)17(12)15-9-14(21-22-15)11-8-10-4-1-2-7-16(10)24-18(11)23/h1-8,15,22H,9H2/t15-/m1/s1. The molecule has 120 valence electrons. The molecule has 0 aliphatic carbocycles. The van der Waals surface area contributed by atoms with Gasteiger partial charge < -0.3 is 9.84 Å². The molecule has 0 saturated heterocycles. The fraction of sp³-hybridized carbons (Fsp3) is 0.111. The van der Waals surface area contributed by atoms with Crippen molar-refractivity contribution in [3.63, 3.8) is 0 Å². The zero-order valence-electron chi connectivity index (χ0n) is 12.4. The van der Waals surface area contributed by atoms with E-state index < -0.39 is 5.63 Å². The van der Waals surface area contributed by atoms with Crippen molar-refractivity contribution in [3.05, 3.63) is 80.1 Å². The van der Waals surface area contributed by atoms with E-state index in [1.807, 2.05) is 18.2 Å². The summed E-state index contributed by atoms with van der Waals surface area (Å²) in [4.78, 5) is 12.3. The minimum atomic E-state index is -0.403. The van der Waals surface area contributed by atoms with Crippen LogP contribution in [0.15, 0.2) is 62.8 Å². The Kier molecular flexibility index (Phi) is 3.79. The van der Waals surface area contributed by atoms with E-state index in [1.54, 1.807) is 30.3 Å². The molecule has 0 spiro atoms. The molecule has 0 amide bonds. The van der Waals surface area contributed by atoms with Gasteiger partial charge in [0.1, 0.15) is 5.58 Å². The molecule has 4 rings (SSSR count). The Labute approximate surface area is 147 Å².